The summed E-state index contributed by atoms with van der Waals surface area (Å²) in [4.78, 5) is 6.88. The van der Waals surface area contributed by atoms with Crippen molar-refractivity contribution in [3.05, 3.63) is 59.2 Å². The highest BCUT2D eigenvalue weighted by molar-refractivity contribution is 14.0. The second-order valence-electron chi connectivity index (χ2n) is 7.56. The third kappa shape index (κ3) is 7.25. The van der Waals surface area contributed by atoms with E-state index in [-0.39, 0.29) is 30.0 Å². The van der Waals surface area contributed by atoms with E-state index in [0.29, 0.717) is 6.54 Å². The molecular weight excluding hydrogens is 519 g/mol. The number of methoxy groups -OCH3 is 2. The summed E-state index contributed by atoms with van der Waals surface area (Å²) in [7, 11) is 5.11. The van der Waals surface area contributed by atoms with Gasteiger partial charge in [0.2, 0.25) is 0 Å². The summed E-state index contributed by atoms with van der Waals surface area (Å²) >= 11 is 0. The lowest BCUT2D eigenvalue weighted by molar-refractivity contribution is 0.0170. The van der Waals surface area contributed by atoms with Crippen LogP contribution in [-0.2, 0) is 11.3 Å². The number of hydrogen-bond donors (Lipinski definition) is 2. The van der Waals surface area contributed by atoms with Crippen LogP contribution >= 0.6 is 24.0 Å². The van der Waals surface area contributed by atoms with Crippen LogP contribution in [0.3, 0.4) is 0 Å². The molecule has 1 aliphatic heterocycles. The summed E-state index contributed by atoms with van der Waals surface area (Å²) in [6.07, 6.45) is 0. The number of rotatable bonds is 8. The second-order valence-corrected chi connectivity index (χ2v) is 7.56. The van der Waals surface area contributed by atoms with Gasteiger partial charge in [0, 0.05) is 44.9 Å². The zero-order valence-corrected chi connectivity index (χ0v) is 21.7. The molecule has 2 aromatic carbocycles. The highest BCUT2D eigenvalue weighted by Crippen LogP contribution is 2.25. The zero-order chi connectivity index (χ0) is 22.1. The highest BCUT2D eigenvalue weighted by atomic mass is 127. The molecule has 3 rings (SSSR count). The van der Waals surface area contributed by atoms with Gasteiger partial charge in [-0.1, -0.05) is 29.8 Å². The van der Waals surface area contributed by atoms with Crippen molar-refractivity contribution in [1.82, 2.24) is 15.5 Å². The summed E-state index contributed by atoms with van der Waals surface area (Å²) in [5.41, 5.74) is 3.61. The fraction of sp³-hybridized carbons (Fsp3) is 0.458. The lowest BCUT2D eigenvalue weighted by Gasteiger charge is -2.35. The number of halogens is 1. The summed E-state index contributed by atoms with van der Waals surface area (Å²) in [5, 5.41) is 6.90. The van der Waals surface area contributed by atoms with Gasteiger partial charge in [0.05, 0.1) is 33.5 Å². The van der Waals surface area contributed by atoms with Crippen molar-refractivity contribution in [2.45, 2.75) is 19.5 Å². The number of guanidine groups is 1. The molecule has 1 fully saturated rings. The quantitative estimate of drug-likeness (QED) is 0.297. The molecule has 1 heterocycles. The van der Waals surface area contributed by atoms with Crippen molar-refractivity contribution in [2.24, 2.45) is 4.99 Å². The Labute approximate surface area is 208 Å². The van der Waals surface area contributed by atoms with Crippen LogP contribution in [0.5, 0.6) is 11.5 Å². The van der Waals surface area contributed by atoms with Gasteiger partial charge in [0.25, 0.3) is 0 Å². The number of aliphatic imine (C=N–C) groups is 1. The second kappa shape index (κ2) is 13.5. The Morgan fingerprint density at radius 1 is 1.09 bits per heavy atom. The third-order valence-corrected chi connectivity index (χ3v) is 5.54. The molecule has 0 radical (unpaired) electrons. The van der Waals surface area contributed by atoms with Crippen LogP contribution in [0.1, 0.15) is 22.7 Å². The van der Waals surface area contributed by atoms with Crippen LogP contribution in [0.4, 0.5) is 0 Å². The third-order valence-electron chi connectivity index (χ3n) is 5.54. The van der Waals surface area contributed by atoms with E-state index in [1.54, 1.807) is 21.3 Å². The molecule has 8 heteroatoms. The van der Waals surface area contributed by atoms with Gasteiger partial charge in [0.15, 0.2) is 5.96 Å². The van der Waals surface area contributed by atoms with Crippen molar-refractivity contribution in [1.29, 1.82) is 0 Å². The Balaban J connectivity index is 0.00000363. The average molecular weight is 554 g/mol. The molecule has 0 aromatic heterocycles. The molecule has 176 valence electrons. The number of benzene rings is 2. The van der Waals surface area contributed by atoms with Gasteiger partial charge in [-0.05, 0) is 24.6 Å². The fourth-order valence-electron chi connectivity index (χ4n) is 3.82. The number of hydrogen-bond acceptors (Lipinski definition) is 5. The number of ether oxygens (including phenoxy) is 3. The van der Waals surface area contributed by atoms with Gasteiger partial charge in [0.1, 0.15) is 11.5 Å². The Bertz CT molecular complexity index is 872. The standard InChI is InChI=1S/C24H34N4O3.HI/c1-18-6-5-7-19(14-18)22(28-10-12-31-13-11-28)17-27-24(25-2)26-16-20-8-9-21(29-3)15-23(20)30-4;/h5-9,14-15,22H,10-13,16-17H2,1-4H3,(H2,25,26,27);1H. The van der Waals surface area contributed by atoms with Gasteiger partial charge in [-0.25, -0.2) is 0 Å². The topological polar surface area (TPSA) is 67.4 Å². The van der Waals surface area contributed by atoms with Crippen molar-refractivity contribution >= 4 is 29.9 Å². The summed E-state index contributed by atoms with van der Waals surface area (Å²) in [6.45, 7) is 6.88. The molecule has 1 atom stereocenters. The molecule has 1 saturated heterocycles. The maximum Gasteiger partial charge on any atom is 0.191 e. The maximum absolute atomic E-state index is 5.56. The zero-order valence-electron chi connectivity index (χ0n) is 19.4. The number of nitrogens with one attached hydrogen (secondary N) is 2. The minimum Gasteiger partial charge on any atom is -0.497 e. The molecule has 7 nitrogen and oxygen atoms in total. The monoisotopic (exact) mass is 554 g/mol. The first-order valence-electron chi connectivity index (χ1n) is 10.7. The molecule has 0 aliphatic carbocycles. The largest absolute Gasteiger partial charge is 0.497 e. The van der Waals surface area contributed by atoms with Gasteiger partial charge < -0.3 is 24.8 Å². The minimum absolute atomic E-state index is 0. The Kier molecular flexibility index (Phi) is 11.1. The molecule has 2 aromatic rings. The SMILES string of the molecule is CN=C(NCc1ccc(OC)cc1OC)NCC(c1cccc(C)c1)N1CCOCC1.I. The molecule has 0 spiro atoms. The Morgan fingerprint density at radius 3 is 2.53 bits per heavy atom. The first-order valence-corrected chi connectivity index (χ1v) is 10.7. The van der Waals surface area contributed by atoms with E-state index in [1.165, 1.54) is 11.1 Å². The van der Waals surface area contributed by atoms with Crippen molar-refractivity contribution in [3.8, 4) is 11.5 Å². The van der Waals surface area contributed by atoms with E-state index in [9.17, 15) is 0 Å². The average Bonchev–Trinajstić information content (AvgIpc) is 2.81. The van der Waals surface area contributed by atoms with Crippen molar-refractivity contribution in [3.63, 3.8) is 0 Å². The minimum atomic E-state index is 0. The molecule has 1 unspecified atom stereocenters. The Hall–Kier alpha value is -2.04. The summed E-state index contributed by atoms with van der Waals surface area (Å²) in [5.74, 6) is 2.31. The first kappa shape index (κ1) is 26.2. The van der Waals surface area contributed by atoms with Crippen LogP contribution in [-0.4, -0.2) is 65.0 Å². The van der Waals surface area contributed by atoms with Crippen LogP contribution < -0.4 is 20.1 Å². The van der Waals surface area contributed by atoms with Crippen LogP contribution in [0.25, 0.3) is 0 Å². The molecule has 0 bridgehead atoms. The summed E-state index contributed by atoms with van der Waals surface area (Å²) < 4.78 is 16.3. The van der Waals surface area contributed by atoms with E-state index in [0.717, 1.165) is 55.9 Å². The molecule has 1 aliphatic rings. The van der Waals surface area contributed by atoms with E-state index in [1.807, 2.05) is 18.2 Å². The Morgan fingerprint density at radius 2 is 1.88 bits per heavy atom. The van der Waals surface area contributed by atoms with E-state index < -0.39 is 0 Å². The van der Waals surface area contributed by atoms with Gasteiger partial charge in [-0.3, -0.25) is 9.89 Å². The van der Waals surface area contributed by atoms with Crippen LogP contribution in [0.2, 0.25) is 0 Å². The molecule has 32 heavy (non-hydrogen) atoms. The van der Waals surface area contributed by atoms with E-state index >= 15 is 0 Å². The normalized spacial score (nSPS) is 15.4. The number of aryl methyl sites for hydroxylation is 1. The molecule has 0 saturated carbocycles. The predicted octanol–water partition coefficient (Wildman–Crippen LogP) is 3.37. The molecule has 0 amide bonds. The molecular formula is C24H35IN4O3. The van der Waals surface area contributed by atoms with Gasteiger partial charge in [-0.2, -0.15) is 0 Å². The fourth-order valence-corrected chi connectivity index (χ4v) is 3.82. The lowest BCUT2D eigenvalue weighted by atomic mass is 10.0. The van der Waals surface area contributed by atoms with Crippen molar-refractivity contribution in [2.75, 3.05) is 54.1 Å². The maximum atomic E-state index is 5.56. The van der Waals surface area contributed by atoms with Gasteiger partial charge >= 0.3 is 0 Å². The van der Waals surface area contributed by atoms with Crippen LogP contribution in [0, 0.1) is 6.92 Å². The molecule has 2 N–H and O–H groups in total. The predicted molar refractivity (Wildman–Crippen MR) is 139 cm³/mol. The lowest BCUT2D eigenvalue weighted by Crippen LogP contribution is -2.46. The van der Waals surface area contributed by atoms with Gasteiger partial charge in [-0.15, -0.1) is 24.0 Å². The number of morpholine rings is 1. The highest BCUT2D eigenvalue weighted by Gasteiger charge is 2.23. The van der Waals surface area contributed by atoms with E-state index in [4.69, 9.17) is 14.2 Å². The van der Waals surface area contributed by atoms with E-state index in [2.05, 4.69) is 51.7 Å². The van der Waals surface area contributed by atoms with Crippen LogP contribution in [0.15, 0.2) is 47.5 Å². The first-order chi connectivity index (χ1) is 15.1. The summed E-state index contributed by atoms with van der Waals surface area (Å²) in [6, 6.07) is 14.8. The van der Waals surface area contributed by atoms with Crippen molar-refractivity contribution < 1.29 is 14.2 Å². The smallest absolute Gasteiger partial charge is 0.191 e. The number of nitrogens with zero attached hydrogens (tertiary/aromatic N) is 2.